The molecule has 0 aliphatic rings. The highest BCUT2D eigenvalue weighted by atomic mass is 35.5. The van der Waals surface area contributed by atoms with E-state index in [1.165, 1.54) is 49.7 Å². The van der Waals surface area contributed by atoms with E-state index in [1.54, 1.807) is 30.3 Å². The number of hydrogen-bond acceptors (Lipinski definition) is 6. The van der Waals surface area contributed by atoms with Crippen LogP contribution >= 0.6 is 11.6 Å². The number of carbonyl (C=O) groups excluding carboxylic acids is 1. The highest BCUT2D eigenvalue weighted by Crippen LogP contribution is 2.26. The summed E-state index contributed by atoms with van der Waals surface area (Å²) in [6, 6.07) is 17.0. The molecule has 3 aromatic rings. The Labute approximate surface area is 197 Å². The first kappa shape index (κ1) is 24.1. The van der Waals surface area contributed by atoms with E-state index >= 15 is 0 Å². The van der Waals surface area contributed by atoms with Crippen molar-refractivity contribution in [2.24, 2.45) is 5.10 Å². The molecule has 3 aromatic carbocycles. The largest absolute Gasteiger partial charge is 0.504 e. The molecule has 0 aliphatic carbocycles. The summed E-state index contributed by atoms with van der Waals surface area (Å²) in [6.45, 7) is 1.34. The second-order valence-electron chi connectivity index (χ2n) is 7.03. The molecule has 0 fully saturated rings. The molecule has 8 nitrogen and oxygen atoms in total. The summed E-state index contributed by atoms with van der Waals surface area (Å²) in [7, 11) is -2.62. The van der Waals surface area contributed by atoms with Crippen LogP contribution in [0.4, 0.5) is 5.69 Å². The van der Waals surface area contributed by atoms with Crippen LogP contribution in [0.15, 0.2) is 76.7 Å². The topological polar surface area (TPSA) is 108 Å². The van der Waals surface area contributed by atoms with Gasteiger partial charge in [-0.05, 0) is 67.1 Å². The molecular formula is C23H22ClN3O5S. The molecule has 0 unspecified atom stereocenters. The molecule has 0 aliphatic heterocycles. The molecule has 0 aromatic heterocycles. The Balaban J connectivity index is 1.82. The van der Waals surface area contributed by atoms with Gasteiger partial charge in [0.25, 0.3) is 15.9 Å². The van der Waals surface area contributed by atoms with Crippen molar-refractivity contribution in [1.82, 2.24) is 5.43 Å². The third-order valence-electron chi connectivity index (χ3n) is 4.62. The molecule has 3 rings (SSSR count). The second-order valence-corrected chi connectivity index (χ2v) is 9.32. The molecule has 2 N–H and O–H groups in total. The number of aryl methyl sites for hydroxylation is 1. The number of carbonyl (C=O) groups is 1. The van der Waals surface area contributed by atoms with Crippen LogP contribution in [0.2, 0.25) is 5.02 Å². The lowest BCUT2D eigenvalue weighted by atomic mass is 10.2. The number of rotatable bonds is 8. The van der Waals surface area contributed by atoms with Gasteiger partial charge in [0.15, 0.2) is 11.5 Å². The Morgan fingerprint density at radius 1 is 1.12 bits per heavy atom. The number of aromatic hydroxyl groups is 1. The van der Waals surface area contributed by atoms with Gasteiger partial charge in [-0.3, -0.25) is 9.10 Å². The highest BCUT2D eigenvalue weighted by molar-refractivity contribution is 7.92. The van der Waals surface area contributed by atoms with Gasteiger partial charge in [0.2, 0.25) is 0 Å². The number of sulfonamides is 1. The Morgan fingerprint density at radius 3 is 2.42 bits per heavy atom. The number of nitrogens with one attached hydrogen (secondary N) is 1. The number of hydrogen-bond donors (Lipinski definition) is 2. The number of amides is 1. The quantitative estimate of drug-likeness (QED) is 0.372. The first-order valence-electron chi connectivity index (χ1n) is 9.74. The maximum atomic E-state index is 13.3. The van der Waals surface area contributed by atoms with Crippen molar-refractivity contribution in [3.05, 3.63) is 82.9 Å². The number of phenols is 1. The number of benzene rings is 3. The molecule has 33 heavy (non-hydrogen) atoms. The zero-order valence-corrected chi connectivity index (χ0v) is 19.5. The number of methoxy groups -OCH3 is 1. The zero-order chi connectivity index (χ0) is 24.0. The lowest BCUT2D eigenvalue weighted by molar-refractivity contribution is -0.119. The minimum absolute atomic E-state index is 0.0291. The van der Waals surface area contributed by atoms with Crippen LogP contribution in [0.25, 0.3) is 0 Å². The van der Waals surface area contributed by atoms with Gasteiger partial charge in [-0.25, -0.2) is 13.8 Å². The minimum atomic E-state index is -4.04. The third-order valence-corrected chi connectivity index (χ3v) is 6.66. The van der Waals surface area contributed by atoms with Crippen LogP contribution < -0.4 is 14.5 Å². The van der Waals surface area contributed by atoms with Gasteiger partial charge in [0.05, 0.1) is 23.9 Å². The normalized spacial score (nSPS) is 11.4. The van der Waals surface area contributed by atoms with E-state index in [4.69, 9.17) is 16.3 Å². The Hall–Kier alpha value is -3.56. The maximum absolute atomic E-state index is 13.3. The lowest BCUT2D eigenvalue weighted by Gasteiger charge is -2.23. The van der Waals surface area contributed by atoms with Crippen molar-refractivity contribution in [1.29, 1.82) is 0 Å². The van der Waals surface area contributed by atoms with Crippen molar-refractivity contribution >= 4 is 39.4 Å². The molecule has 10 heteroatoms. The number of anilines is 1. The van der Waals surface area contributed by atoms with Crippen LogP contribution in [0.3, 0.4) is 0 Å². The van der Waals surface area contributed by atoms with Gasteiger partial charge in [-0.1, -0.05) is 29.3 Å². The third kappa shape index (κ3) is 6.03. The Kier molecular flexibility index (Phi) is 7.57. The molecule has 0 bridgehead atoms. The van der Waals surface area contributed by atoms with Crippen LogP contribution in [0, 0.1) is 6.92 Å². The van der Waals surface area contributed by atoms with Crippen molar-refractivity contribution in [3.63, 3.8) is 0 Å². The molecular weight excluding hydrogens is 466 g/mol. The lowest BCUT2D eigenvalue weighted by Crippen LogP contribution is -2.39. The molecule has 0 saturated carbocycles. The van der Waals surface area contributed by atoms with E-state index < -0.39 is 22.5 Å². The van der Waals surface area contributed by atoms with E-state index in [-0.39, 0.29) is 22.1 Å². The predicted octanol–water partition coefficient (Wildman–Crippen LogP) is 3.71. The summed E-state index contributed by atoms with van der Waals surface area (Å²) < 4.78 is 32.6. The number of halogens is 1. The first-order valence-corrected chi connectivity index (χ1v) is 11.6. The fraction of sp³-hybridized carbons (Fsp3) is 0.130. The summed E-state index contributed by atoms with van der Waals surface area (Å²) in [5, 5.41) is 14.0. The molecule has 0 saturated heterocycles. The molecule has 0 radical (unpaired) electrons. The molecule has 0 atom stereocenters. The summed E-state index contributed by atoms with van der Waals surface area (Å²) in [5.74, 6) is -0.426. The van der Waals surface area contributed by atoms with Gasteiger partial charge in [0, 0.05) is 5.02 Å². The van der Waals surface area contributed by atoms with Gasteiger partial charge in [0.1, 0.15) is 6.54 Å². The van der Waals surface area contributed by atoms with E-state index in [0.29, 0.717) is 10.6 Å². The SMILES string of the molecule is COc1cc(/C=N\NC(=O)CN(c2ccc(Cl)cc2)S(=O)(=O)c2ccc(C)cc2)ccc1O. The van der Waals surface area contributed by atoms with Crippen molar-refractivity contribution < 1.29 is 23.1 Å². The smallest absolute Gasteiger partial charge is 0.264 e. The standard InChI is InChI=1S/C23H22ClN3O5S/c1-16-3-10-20(11-4-16)33(30,31)27(19-8-6-18(24)7-9-19)15-23(29)26-25-14-17-5-12-21(28)22(13-17)32-2/h3-14,28H,15H2,1-2H3,(H,26,29)/b25-14-. The van der Waals surface area contributed by atoms with Gasteiger partial charge in [-0.15, -0.1) is 0 Å². The van der Waals surface area contributed by atoms with Crippen molar-refractivity contribution in [2.75, 3.05) is 18.0 Å². The molecule has 0 heterocycles. The summed E-state index contributed by atoms with van der Waals surface area (Å²) >= 11 is 5.94. The minimum Gasteiger partial charge on any atom is -0.504 e. The maximum Gasteiger partial charge on any atom is 0.264 e. The Morgan fingerprint density at radius 2 is 1.79 bits per heavy atom. The first-order chi connectivity index (χ1) is 15.7. The Bertz CT molecular complexity index is 1260. The second kappa shape index (κ2) is 10.4. The fourth-order valence-electron chi connectivity index (χ4n) is 2.88. The summed E-state index contributed by atoms with van der Waals surface area (Å²) in [4.78, 5) is 12.6. The average molecular weight is 488 g/mol. The number of ether oxygens (including phenoxy) is 1. The van der Waals surface area contributed by atoms with Crippen molar-refractivity contribution in [2.45, 2.75) is 11.8 Å². The van der Waals surface area contributed by atoms with E-state index in [0.717, 1.165) is 9.87 Å². The van der Waals surface area contributed by atoms with Gasteiger partial charge < -0.3 is 9.84 Å². The predicted molar refractivity (Wildman–Crippen MR) is 128 cm³/mol. The van der Waals surface area contributed by atoms with Gasteiger partial charge in [-0.2, -0.15) is 5.10 Å². The average Bonchev–Trinajstić information content (AvgIpc) is 2.79. The highest BCUT2D eigenvalue weighted by Gasteiger charge is 2.27. The monoisotopic (exact) mass is 487 g/mol. The number of phenolic OH excluding ortho intramolecular Hbond substituents is 1. The van der Waals surface area contributed by atoms with Crippen LogP contribution in [-0.4, -0.2) is 39.3 Å². The molecule has 1 amide bonds. The number of nitrogens with zero attached hydrogens (tertiary/aromatic N) is 2. The molecule has 0 spiro atoms. The summed E-state index contributed by atoms with van der Waals surface area (Å²) in [6.07, 6.45) is 1.35. The van der Waals surface area contributed by atoms with Gasteiger partial charge >= 0.3 is 0 Å². The van der Waals surface area contributed by atoms with Crippen molar-refractivity contribution in [3.8, 4) is 11.5 Å². The molecule has 172 valence electrons. The van der Waals surface area contributed by atoms with Crippen LogP contribution in [0.5, 0.6) is 11.5 Å². The van der Waals surface area contributed by atoms with Crippen LogP contribution in [0.1, 0.15) is 11.1 Å². The van der Waals surface area contributed by atoms with E-state index in [1.807, 2.05) is 6.92 Å². The summed E-state index contributed by atoms with van der Waals surface area (Å²) in [5.41, 5.74) is 4.07. The number of hydrazone groups is 1. The fourth-order valence-corrected chi connectivity index (χ4v) is 4.43. The van der Waals surface area contributed by atoms with E-state index in [9.17, 15) is 18.3 Å². The van der Waals surface area contributed by atoms with E-state index in [2.05, 4.69) is 10.5 Å². The zero-order valence-electron chi connectivity index (χ0n) is 17.9. The van der Waals surface area contributed by atoms with Crippen LogP contribution in [-0.2, 0) is 14.8 Å².